The van der Waals surface area contributed by atoms with Crippen molar-refractivity contribution in [3.8, 4) is 0 Å². The summed E-state index contributed by atoms with van der Waals surface area (Å²) in [5.74, 6) is 0.0562. The highest BCUT2D eigenvalue weighted by Crippen LogP contribution is 2.17. The van der Waals surface area contributed by atoms with Crippen molar-refractivity contribution >= 4 is 27.3 Å². The smallest absolute Gasteiger partial charge is 0.207 e. The number of halogens is 2. The van der Waals surface area contributed by atoms with E-state index in [1.54, 1.807) is 31.2 Å². The molecule has 134 valence electrons. The monoisotopic (exact) mass is 382 g/mol. The van der Waals surface area contributed by atoms with Crippen LogP contribution in [0, 0.1) is 19.7 Å². The molecule has 0 aliphatic carbocycles. The van der Waals surface area contributed by atoms with Crippen molar-refractivity contribution in [1.29, 1.82) is 0 Å². The summed E-state index contributed by atoms with van der Waals surface area (Å²) in [5.41, 5.74) is 2.64. The molecule has 7 heteroatoms. The van der Waals surface area contributed by atoms with E-state index in [0.29, 0.717) is 35.6 Å². The van der Waals surface area contributed by atoms with Crippen LogP contribution in [0.15, 0.2) is 52.5 Å². The third kappa shape index (κ3) is 5.28. The van der Waals surface area contributed by atoms with Crippen LogP contribution < -0.4 is 4.83 Å². The molecule has 2 aromatic carbocycles. The summed E-state index contributed by atoms with van der Waals surface area (Å²) < 4.78 is 38.2. The van der Waals surface area contributed by atoms with Crippen LogP contribution in [0.25, 0.3) is 0 Å². The molecule has 0 spiro atoms. The number of rotatable bonds is 7. The van der Waals surface area contributed by atoms with Gasteiger partial charge in [0.05, 0.1) is 10.6 Å². The van der Waals surface area contributed by atoms with Gasteiger partial charge in [0.1, 0.15) is 5.82 Å². The van der Waals surface area contributed by atoms with Crippen LogP contribution in [0.5, 0.6) is 0 Å². The molecule has 0 aromatic heterocycles. The van der Waals surface area contributed by atoms with Crippen molar-refractivity contribution in [3.63, 3.8) is 0 Å². The molecule has 0 fully saturated rings. The molecule has 1 N–H and O–H groups in total. The molecule has 2 rings (SSSR count). The van der Waals surface area contributed by atoms with Crippen molar-refractivity contribution in [2.45, 2.75) is 31.6 Å². The zero-order valence-corrected chi connectivity index (χ0v) is 15.7. The van der Waals surface area contributed by atoms with Gasteiger partial charge >= 0.3 is 0 Å². The number of nitrogens with one attached hydrogen (secondary N) is 1. The van der Waals surface area contributed by atoms with Gasteiger partial charge in [0.2, 0.25) is 0 Å². The van der Waals surface area contributed by atoms with Crippen molar-refractivity contribution in [2.24, 2.45) is 5.10 Å². The predicted molar refractivity (Wildman–Crippen MR) is 99.1 cm³/mol. The van der Waals surface area contributed by atoms with Gasteiger partial charge < -0.3 is 0 Å². The van der Waals surface area contributed by atoms with E-state index in [9.17, 15) is 12.8 Å². The third-order valence-electron chi connectivity index (χ3n) is 3.66. The Morgan fingerprint density at radius 3 is 2.48 bits per heavy atom. The largest absolute Gasteiger partial charge is 0.276 e. The quantitative estimate of drug-likeness (QED) is 0.444. The van der Waals surface area contributed by atoms with E-state index in [4.69, 9.17) is 11.6 Å². The minimum atomic E-state index is -3.79. The number of hydrazone groups is 1. The first-order valence-corrected chi connectivity index (χ1v) is 9.83. The van der Waals surface area contributed by atoms with Crippen molar-refractivity contribution in [1.82, 2.24) is 4.83 Å². The lowest BCUT2D eigenvalue weighted by atomic mass is 10.1. The summed E-state index contributed by atoms with van der Waals surface area (Å²) >= 11 is 5.73. The number of aryl methyl sites for hydroxylation is 2. The number of benzene rings is 2. The minimum Gasteiger partial charge on any atom is -0.207 e. The summed E-state index contributed by atoms with van der Waals surface area (Å²) in [6.07, 6.45) is 1.10. The average molecular weight is 383 g/mol. The zero-order chi connectivity index (χ0) is 18.4. The normalized spacial score (nSPS) is 12.2. The molecular formula is C18H20ClFN2O2S. The summed E-state index contributed by atoms with van der Waals surface area (Å²) in [6.45, 7) is 3.55. The molecule has 0 bridgehead atoms. The topological polar surface area (TPSA) is 58.5 Å². The SMILES string of the molecule is Cc1ccc(C)c(S(=O)(=O)N/N=C(\CCCCl)c2ccc(F)cc2)c1. The van der Waals surface area contributed by atoms with Gasteiger partial charge in [-0.2, -0.15) is 18.4 Å². The fourth-order valence-corrected chi connectivity index (χ4v) is 3.60. The highest BCUT2D eigenvalue weighted by molar-refractivity contribution is 7.89. The average Bonchev–Trinajstić information content (AvgIpc) is 2.58. The van der Waals surface area contributed by atoms with E-state index in [0.717, 1.165) is 5.56 Å². The molecule has 0 radical (unpaired) electrons. The third-order valence-corrected chi connectivity index (χ3v) is 5.28. The van der Waals surface area contributed by atoms with Crippen LogP contribution in [0.1, 0.15) is 29.5 Å². The van der Waals surface area contributed by atoms with Crippen LogP contribution in [0.2, 0.25) is 0 Å². The Labute approximate surface area is 152 Å². The molecule has 4 nitrogen and oxygen atoms in total. The van der Waals surface area contributed by atoms with Crippen molar-refractivity contribution in [2.75, 3.05) is 5.88 Å². The molecule has 0 atom stereocenters. The van der Waals surface area contributed by atoms with Crippen LogP contribution in [-0.2, 0) is 10.0 Å². The minimum absolute atomic E-state index is 0.187. The van der Waals surface area contributed by atoms with E-state index in [1.165, 1.54) is 12.1 Å². The molecule has 0 aliphatic rings. The van der Waals surface area contributed by atoms with Gasteiger partial charge in [0.15, 0.2) is 0 Å². The Morgan fingerprint density at radius 2 is 1.84 bits per heavy atom. The molecule has 0 heterocycles. The molecule has 0 amide bonds. The number of hydrogen-bond donors (Lipinski definition) is 1. The van der Waals surface area contributed by atoms with Gasteiger partial charge in [-0.15, -0.1) is 11.6 Å². The highest BCUT2D eigenvalue weighted by Gasteiger charge is 2.17. The Bertz CT molecular complexity index is 865. The standard InChI is InChI=1S/C18H20ClFN2O2S/c1-13-5-6-14(2)18(12-13)25(23,24)22-21-17(4-3-11-19)15-7-9-16(20)10-8-15/h5-10,12,22H,3-4,11H2,1-2H3/b21-17+. The lowest BCUT2D eigenvalue weighted by Crippen LogP contribution is -2.21. The highest BCUT2D eigenvalue weighted by atomic mass is 35.5. The Kier molecular flexibility index (Phi) is 6.56. The maximum atomic E-state index is 13.1. The Hall–Kier alpha value is -1.92. The molecule has 25 heavy (non-hydrogen) atoms. The van der Waals surface area contributed by atoms with Gasteiger partial charge in [-0.3, -0.25) is 0 Å². The molecular weight excluding hydrogens is 363 g/mol. The fraction of sp³-hybridized carbons (Fsp3) is 0.278. The van der Waals surface area contributed by atoms with E-state index < -0.39 is 10.0 Å². The zero-order valence-electron chi connectivity index (χ0n) is 14.1. The molecule has 0 saturated carbocycles. The van der Waals surface area contributed by atoms with Gasteiger partial charge in [-0.25, -0.2) is 4.39 Å². The first-order chi connectivity index (χ1) is 11.8. The second-order valence-electron chi connectivity index (χ2n) is 5.72. The molecule has 0 saturated heterocycles. The first-order valence-electron chi connectivity index (χ1n) is 7.81. The van der Waals surface area contributed by atoms with Gasteiger partial charge in [-0.05, 0) is 61.6 Å². The maximum absolute atomic E-state index is 13.1. The fourth-order valence-electron chi connectivity index (χ4n) is 2.30. The van der Waals surface area contributed by atoms with Crippen molar-refractivity contribution in [3.05, 3.63) is 65.0 Å². The van der Waals surface area contributed by atoms with Gasteiger partial charge in [-0.1, -0.05) is 24.3 Å². The van der Waals surface area contributed by atoms with Crippen LogP contribution in [-0.4, -0.2) is 20.0 Å². The Balaban J connectivity index is 2.33. The maximum Gasteiger partial charge on any atom is 0.276 e. The van der Waals surface area contributed by atoms with Crippen LogP contribution >= 0.6 is 11.6 Å². The summed E-state index contributed by atoms with van der Waals surface area (Å²) in [4.78, 5) is 2.48. The van der Waals surface area contributed by atoms with Gasteiger partial charge in [0, 0.05) is 5.88 Å². The molecule has 0 unspecified atom stereocenters. The second kappa shape index (κ2) is 8.45. The first kappa shape index (κ1) is 19.4. The number of hydrogen-bond acceptors (Lipinski definition) is 3. The lowest BCUT2D eigenvalue weighted by molar-refractivity contribution is 0.583. The second-order valence-corrected chi connectivity index (χ2v) is 7.73. The van der Waals surface area contributed by atoms with Crippen molar-refractivity contribution < 1.29 is 12.8 Å². The van der Waals surface area contributed by atoms with E-state index in [2.05, 4.69) is 9.93 Å². The van der Waals surface area contributed by atoms with E-state index in [1.807, 2.05) is 13.0 Å². The lowest BCUT2D eigenvalue weighted by Gasteiger charge is -2.10. The van der Waals surface area contributed by atoms with Crippen LogP contribution in [0.3, 0.4) is 0 Å². The number of sulfonamides is 1. The Morgan fingerprint density at radius 1 is 1.16 bits per heavy atom. The van der Waals surface area contributed by atoms with E-state index >= 15 is 0 Å². The van der Waals surface area contributed by atoms with E-state index in [-0.39, 0.29) is 10.7 Å². The molecule has 2 aromatic rings. The summed E-state index contributed by atoms with van der Waals surface area (Å²) in [6, 6.07) is 11.0. The van der Waals surface area contributed by atoms with Gasteiger partial charge in [0.25, 0.3) is 10.0 Å². The predicted octanol–water partition coefficient (Wildman–Crippen LogP) is 4.14. The summed E-state index contributed by atoms with van der Waals surface area (Å²) in [7, 11) is -3.79. The molecule has 0 aliphatic heterocycles. The summed E-state index contributed by atoms with van der Waals surface area (Å²) in [5, 5.41) is 4.08. The number of nitrogens with zero attached hydrogens (tertiary/aromatic N) is 1. The number of alkyl halides is 1. The van der Waals surface area contributed by atoms with Crippen LogP contribution in [0.4, 0.5) is 4.39 Å².